The molecule has 0 aromatic carbocycles. The predicted molar refractivity (Wildman–Crippen MR) is 367 cm³/mol. The summed E-state index contributed by atoms with van der Waals surface area (Å²) in [6, 6.07) is 0. The number of phosphoric ester groups is 2. The van der Waals surface area contributed by atoms with Crippen molar-refractivity contribution < 1.29 is 80.2 Å². The lowest BCUT2D eigenvalue weighted by Crippen LogP contribution is -2.30. The van der Waals surface area contributed by atoms with E-state index in [1.165, 1.54) is 154 Å². The summed E-state index contributed by atoms with van der Waals surface area (Å²) in [4.78, 5) is 72.6. The summed E-state index contributed by atoms with van der Waals surface area (Å²) >= 11 is 0. The Labute approximate surface area is 556 Å². The van der Waals surface area contributed by atoms with Crippen molar-refractivity contribution in [2.45, 2.75) is 375 Å². The fraction of sp³-hybridized carbons (Fsp3) is 0.944. The van der Waals surface area contributed by atoms with Gasteiger partial charge >= 0.3 is 39.5 Å². The highest BCUT2D eigenvalue weighted by Crippen LogP contribution is 2.45. The second kappa shape index (κ2) is 61.6. The second-order valence-electron chi connectivity index (χ2n) is 27.9. The third kappa shape index (κ3) is 66.5. The molecular formula is C72H140O17P2. The number of esters is 4. The van der Waals surface area contributed by atoms with Crippen LogP contribution in [0.3, 0.4) is 0 Å². The van der Waals surface area contributed by atoms with Gasteiger partial charge in [0.1, 0.15) is 19.3 Å². The average Bonchev–Trinajstić information content (AvgIpc) is 2.03. The maximum Gasteiger partial charge on any atom is 0.472 e. The molecule has 19 heteroatoms. The molecule has 0 aliphatic heterocycles. The topological polar surface area (TPSA) is 237 Å². The van der Waals surface area contributed by atoms with Crippen molar-refractivity contribution in [1.29, 1.82) is 0 Å². The fourth-order valence-corrected chi connectivity index (χ4v) is 12.4. The summed E-state index contributed by atoms with van der Waals surface area (Å²) in [5.74, 6) is 0.851. The van der Waals surface area contributed by atoms with Crippen molar-refractivity contribution in [3.05, 3.63) is 0 Å². The molecule has 0 amide bonds. The van der Waals surface area contributed by atoms with Gasteiger partial charge in [-0.1, -0.05) is 306 Å². The summed E-state index contributed by atoms with van der Waals surface area (Å²) in [6.07, 6.45) is 44.5. The third-order valence-electron chi connectivity index (χ3n) is 16.6. The number of hydrogen-bond donors (Lipinski definition) is 3. The number of aliphatic hydroxyl groups is 1. The minimum atomic E-state index is -4.95. The summed E-state index contributed by atoms with van der Waals surface area (Å²) in [5, 5.41) is 10.6. The van der Waals surface area contributed by atoms with E-state index in [0.717, 1.165) is 114 Å². The molecule has 540 valence electrons. The Balaban J connectivity index is 5.25. The van der Waals surface area contributed by atoms with Crippen LogP contribution in [-0.4, -0.2) is 96.7 Å². The Morgan fingerprint density at radius 1 is 0.275 bits per heavy atom. The molecule has 0 saturated carbocycles. The first-order chi connectivity index (χ1) is 43.6. The van der Waals surface area contributed by atoms with Gasteiger partial charge in [-0.05, 0) is 49.4 Å². The third-order valence-corrected chi connectivity index (χ3v) is 18.5. The van der Waals surface area contributed by atoms with Gasteiger partial charge in [0.05, 0.1) is 26.4 Å². The van der Waals surface area contributed by atoms with Crippen LogP contribution in [0.25, 0.3) is 0 Å². The van der Waals surface area contributed by atoms with Gasteiger partial charge in [-0.15, -0.1) is 0 Å². The molecule has 0 saturated heterocycles. The van der Waals surface area contributed by atoms with E-state index in [4.69, 9.17) is 37.0 Å². The first-order valence-electron chi connectivity index (χ1n) is 37.2. The van der Waals surface area contributed by atoms with Crippen molar-refractivity contribution in [2.75, 3.05) is 39.6 Å². The number of phosphoric acid groups is 2. The van der Waals surface area contributed by atoms with Gasteiger partial charge in [0.2, 0.25) is 0 Å². The Bertz CT molecular complexity index is 1800. The molecule has 2 unspecified atom stereocenters. The number of aliphatic hydroxyl groups excluding tert-OH is 1. The Morgan fingerprint density at radius 3 is 0.681 bits per heavy atom. The van der Waals surface area contributed by atoms with Crippen LogP contribution in [0.2, 0.25) is 0 Å². The molecule has 0 spiro atoms. The number of unbranched alkanes of at least 4 members (excludes halogenated alkanes) is 35. The van der Waals surface area contributed by atoms with Gasteiger partial charge in [-0.2, -0.15) is 0 Å². The molecule has 0 aromatic rings. The van der Waals surface area contributed by atoms with E-state index in [0.29, 0.717) is 31.6 Å². The molecule has 5 atom stereocenters. The number of carbonyl (C=O) groups is 4. The molecule has 0 aliphatic rings. The highest BCUT2D eigenvalue weighted by Gasteiger charge is 2.30. The molecule has 17 nitrogen and oxygen atoms in total. The van der Waals surface area contributed by atoms with Crippen molar-refractivity contribution in [3.63, 3.8) is 0 Å². The first-order valence-corrected chi connectivity index (χ1v) is 40.2. The van der Waals surface area contributed by atoms with Crippen molar-refractivity contribution in [3.8, 4) is 0 Å². The van der Waals surface area contributed by atoms with E-state index in [2.05, 4.69) is 55.4 Å². The number of rotatable bonds is 69. The normalized spacial score (nSPS) is 14.2. The van der Waals surface area contributed by atoms with Crippen LogP contribution in [0.5, 0.6) is 0 Å². The minimum absolute atomic E-state index is 0.104. The van der Waals surface area contributed by atoms with Crippen molar-refractivity contribution in [1.82, 2.24) is 0 Å². The highest BCUT2D eigenvalue weighted by atomic mass is 31.2. The van der Waals surface area contributed by atoms with Crippen LogP contribution in [-0.2, 0) is 65.4 Å². The quantitative estimate of drug-likeness (QED) is 0.0222. The van der Waals surface area contributed by atoms with Crippen LogP contribution < -0.4 is 0 Å². The van der Waals surface area contributed by atoms with Crippen LogP contribution in [0.1, 0.15) is 357 Å². The molecule has 0 aliphatic carbocycles. The highest BCUT2D eigenvalue weighted by molar-refractivity contribution is 7.47. The van der Waals surface area contributed by atoms with Gasteiger partial charge in [-0.25, -0.2) is 9.13 Å². The number of carbonyl (C=O) groups excluding carboxylic acids is 4. The lowest BCUT2D eigenvalue weighted by atomic mass is 10.0. The van der Waals surface area contributed by atoms with E-state index in [9.17, 15) is 43.2 Å². The van der Waals surface area contributed by atoms with Crippen LogP contribution in [0.4, 0.5) is 0 Å². The standard InChI is InChI=1S/C72H140O17P2/c1-62(2)48-40-32-24-18-12-9-10-14-21-27-36-44-52-69(74)82-58-67(88-71(76)54-46-38-28-22-15-11-13-19-25-33-41-49-63(3)4)60-86-90(78,79)84-56-66(73)57-85-91(80,81)87-61-68(59-83-70(75)53-45-37-31-30-35-43-51-65(7)8)89-72(77)55-47-39-29-23-17-16-20-26-34-42-50-64(5)6/h62-68,73H,9-61H2,1-8H3,(H,78,79)(H,80,81)/t66-,67-,68-/m1/s1. The van der Waals surface area contributed by atoms with E-state index in [1.54, 1.807) is 0 Å². The molecule has 91 heavy (non-hydrogen) atoms. The van der Waals surface area contributed by atoms with Crippen molar-refractivity contribution in [2.24, 2.45) is 23.7 Å². The number of ether oxygens (including phenoxy) is 4. The zero-order valence-electron chi connectivity index (χ0n) is 59.5. The molecule has 0 aromatic heterocycles. The molecule has 3 N–H and O–H groups in total. The summed E-state index contributed by atoms with van der Waals surface area (Å²) in [6.45, 7) is 14.1. The van der Waals surface area contributed by atoms with Gasteiger partial charge < -0.3 is 33.8 Å². The Morgan fingerprint density at radius 2 is 0.462 bits per heavy atom. The maximum absolute atomic E-state index is 13.0. The summed E-state index contributed by atoms with van der Waals surface area (Å²) in [5.41, 5.74) is 0. The molecule has 0 rings (SSSR count). The van der Waals surface area contributed by atoms with Gasteiger partial charge in [0.15, 0.2) is 12.2 Å². The van der Waals surface area contributed by atoms with Crippen LogP contribution in [0.15, 0.2) is 0 Å². The minimum Gasteiger partial charge on any atom is -0.462 e. The molecular weight excluding hydrogens is 1200 g/mol. The van der Waals surface area contributed by atoms with E-state index in [1.807, 2.05) is 0 Å². The predicted octanol–water partition coefficient (Wildman–Crippen LogP) is 20.5. The lowest BCUT2D eigenvalue weighted by molar-refractivity contribution is -0.161. The lowest BCUT2D eigenvalue weighted by Gasteiger charge is -2.21. The summed E-state index contributed by atoms with van der Waals surface area (Å²) in [7, 11) is -9.91. The zero-order chi connectivity index (χ0) is 67.5. The first kappa shape index (κ1) is 89.1. The maximum atomic E-state index is 13.0. The van der Waals surface area contributed by atoms with E-state index >= 15 is 0 Å². The summed E-state index contributed by atoms with van der Waals surface area (Å²) < 4.78 is 68.3. The van der Waals surface area contributed by atoms with Gasteiger partial charge in [0.25, 0.3) is 0 Å². The van der Waals surface area contributed by atoms with Crippen LogP contribution in [0, 0.1) is 23.7 Å². The van der Waals surface area contributed by atoms with Crippen molar-refractivity contribution >= 4 is 39.5 Å². The molecule has 0 bridgehead atoms. The van der Waals surface area contributed by atoms with E-state index in [-0.39, 0.29) is 25.7 Å². The molecule has 0 fully saturated rings. The molecule has 0 heterocycles. The van der Waals surface area contributed by atoms with Crippen LogP contribution >= 0.6 is 15.6 Å². The zero-order valence-corrected chi connectivity index (χ0v) is 61.3. The average molecular weight is 1340 g/mol. The largest absolute Gasteiger partial charge is 0.472 e. The fourth-order valence-electron chi connectivity index (χ4n) is 10.8. The van der Waals surface area contributed by atoms with E-state index < -0.39 is 97.5 Å². The second-order valence-corrected chi connectivity index (χ2v) is 30.8. The smallest absolute Gasteiger partial charge is 0.462 e. The monoisotopic (exact) mass is 1340 g/mol. The SMILES string of the molecule is CC(C)CCCCCCCCCCCCCCC(=O)OC[C@H](COP(=O)(O)OC[C@@H](O)COP(=O)(O)OC[C@@H](COC(=O)CCCCCCCCC(C)C)OC(=O)CCCCCCCCCCCCC(C)C)OC(=O)CCCCCCCCCCCCCC(C)C. The van der Waals surface area contributed by atoms with Gasteiger partial charge in [0, 0.05) is 25.7 Å². The Kier molecular flexibility index (Phi) is 60.3. The Hall–Kier alpha value is -1.94. The molecule has 0 radical (unpaired) electrons. The van der Waals surface area contributed by atoms with Gasteiger partial charge in [-0.3, -0.25) is 37.3 Å². The number of hydrogen-bond acceptors (Lipinski definition) is 15.